The molecule has 11 unspecified atom stereocenters. The van der Waals surface area contributed by atoms with Crippen molar-refractivity contribution in [3.05, 3.63) is 36.5 Å². The smallest absolute Gasteiger partial charge is 0.306 e. The second-order valence-corrected chi connectivity index (χ2v) is 12.4. The Bertz CT molecular complexity index is 1030. The average Bonchev–Trinajstić information content (AvgIpc) is 3.09. The van der Waals surface area contributed by atoms with E-state index in [0.29, 0.717) is 6.42 Å². The van der Waals surface area contributed by atoms with E-state index in [0.717, 1.165) is 51.4 Å². The van der Waals surface area contributed by atoms with Crippen LogP contribution in [0.4, 0.5) is 0 Å². The molecule has 0 amide bonds. The predicted octanol–water partition coefficient (Wildman–Crippen LogP) is 0.692. The van der Waals surface area contributed by atoms with Gasteiger partial charge >= 0.3 is 11.9 Å². The largest absolute Gasteiger partial charge is 0.462 e. The van der Waals surface area contributed by atoms with Gasteiger partial charge in [-0.2, -0.15) is 0 Å². The molecule has 0 radical (unpaired) electrons. The molecule has 0 saturated carbocycles. The number of esters is 2. The fourth-order valence-corrected chi connectivity index (χ4v) is 5.25. The lowest BCUT2D eigenvalue weighted by Crippen LogP contribution is -2.61. The Hall–Kier alpha value is -2.28. The van der Waals surface area contributed by atoms with Crippen molar-refractivity contribution in [2.75, 3.05) is 26.4 Å². The first kappa shape index (κ1) is 43.9. The minimum absolute atomic E-state index is 0.140. The van der Waals surface area contributed by atoms with Crippen molar-refractivity contribution < 1.29 is 73.8 Å². The number of hydrogen-bond acceptors (Lipinski definition) is 15. The van der Waals surface area contributed by atoms with Crippen molar-refractivity contribution in [3.63, 3.8) is 0 Å². The van der Waals surface area contributed by atoms with Gasteiger partial charge in [0.1, 0.15) is 55.4 Å². The Morgan fingerprint density at radius 1 is 0.680 bits per heavy atom. The highest BCUT2D eigenvalue weighted by Gasteiger charge is 2.47. The van der Waals surface area contributed by atoms with Crippen LogP contribution in [0.1, 0.15) is 78.1 Å². The minimum Gasteiger partial charge on any atom is -0.462 e. The summed E-state index contributed by atoms with van der Waals surface area (Å²) in [4.78, 5) is 24.0. The predicted molar refractivity (Wildman–Crippen MR) is 178 cm³/mol. The Morgan fingerprint density at radius 3 is 1.88 bits per heavy atom. The van der Waals surface area contributed by atoms with Crippen molar-refractivity contribution in [1.29, 1.82) is 0 Å². The van der Waals surface area contributed by atoms with Gasteiger partial charge in [-0.25, -0.2) is 0 Å². The van der Waals surface area contributed by atoms with E-state index in [1.54, 1.807) is 0 Å². The first-order valence-corrected chi connectivity index (χ1v) is 17.5. The van der Waals surface area contributed by atoms with Crippen LogP contribution >= 0.6 is 0 Å². The Morgan fingerprint density at radius 2 is 1.24 bits per heavy atom. The van der Waals surface area contributed by atoms with Gasteiger partial charge in [0.2, 0.25) is 0 Å². The summed E-state index contributed by atoms with van der Waals surface area (Å²) >= 11 is 0. The summed E-state index contributed by atoms with van der Waals surface area (Å²) in [5, 5.41) is 70.8. The molecule has 15 nitrogen and oxygen atoms in total. The topological polar surface area (TPSA) is 231 Å². The SMILES string of the molecule is CC/C=C\C/C=C\C/C=C\CCCCCCCC(=O)OC(COC(C)=O)COC1OC(COC2OC(CO)C(O)C(O)C2O)C(O)C(O)C1O. The van der Waals surface area contributed by atoms with Crippen molar-refractivity contribution in [2.24, 2.45) is 0 Å². The molecule has 2 aliphatic heterocycles. The third-order valence-electron chi connectivity index (χ3n) is 8.19. The summed E-state index contributed by atoms with van der Waals surface area (Å²) in [7, 11) is 0. The monoisotopic (exact) mass is 718 g/mol. The van der Waals surface area contributed by atoms with E-state index in [-0.39, 0.29) is 13.0 Å². The van der Waals surface area contributed by atoms with Crippen LogP contribution < -0.4 is 0 Å². The molecule has 15 heteroatoms. The molecule has 2 fully saturated rings. The fourth-order valence-electron chi connectivity index (χ4n) is 5.25. The molecular weight excluding hydrogens is 660 g/mol. The quantitative estimate of drug-likeness (QED) is 0.0438. The molecule has 2 saturated heterocycles. The maximum absolute atomic E-state index is 12.6. The summed E-state index contributed by atoms with van der Waals surface area (Å²) in [6, 6.07) is 0. The molecule has 0 aliphatic carbocycles. The number of carbonyl (C=O) groups is 2. The molecule has 0 aromatic carbocycles. The van der Waals surface area contributed by atoms with Crippen LogP contribution in [0.2, 0.25) is 0 Å². The van der Waals surface area contributed by atoms with Crippen molar-refractivity contribution in [1.82, 2.24) is 0 Å². The van der Waals surface area contributed by atoms with Crippen LogP contribution in [0.25, 0.3) is 0 Å². The standard InChI is InChI=1S/C35H58O15/c1-3-4-5-6-7-8-9-10-11-12-13-14-15-16-17-18-27(38)48-24(20-45-23(2)37)21-46-34-33(44)31(42)29(40)26(50-34)22-47-35-32(43)30(41)28(39)25(19-36)49-35/h4-5,7-8,10-11,24-26,28-36,39-44H,3,6,9,12-22H2,1-2H3/b5-4-,8-7-,11-10-. The zero-order valence-corrected chi connectivity index (χ0v) is 29.1. The van der Waals surface area contributed by atoms with E-state index < -0.39 is 99.3 Å². The first-order valence-electron chi connectivity index (χ1n) is 17.5. The fraction of sp³-hybridized carbons (Fsp3) is 0.771. The van der Waals surface area contributed by atoms with Gasteiger partial charge < -0.3 is 64.2 Å². The van der Waals surface area contributed by atoms with Crippen LogP contribution in [0.15, 0.2) is 36.5 Å². The maximum atomic E-state index is 12.6. The molecule has 0 bridgehead atoms. The number of aliphatic hydroxyl groups excluding tert-OH is 7. The molecule has 11 atom stereocenters. The summed E-state index contributed by atoms with van der Waals surface area (Å²) in [5.41, 5.74) is 0. The van der Waals surface area contributed by atoms with E-state index in [9.17, 15) is 45.3 Å². The van der Waals surface area contributed by atoms with Gasteiger partial charge in [0.15, 0.2) is 18.7 Å². The molecule has 2 aliphatic rings. The van der Waals surface area contributed by atoms with E-state index in [1.807, 2.05) is 0 Å². The summed E-state index contributed by atoms with van der Waals surface area (Å²) in [6.45, 7) is 1.35. The van der Waals surface area contributed by atoms with E-state index in [2.05, 4.69) is 43.4 Å². The highest BCUT2D eigenvalue weighted by Crippen LogP contribution is 2.26. The number of allylic oxidation sites excluding steroid dienone is 6. The molecule has 288 valence electrons. The highest BCUT2D eigenvalue weighted by atomic mass is 16.7. The summed E-state index contributed by atoms with van der Waals surface area (Å²) in [5.74, 6) is -1.15. The maximum Gasteiger partial charge on any atom is 0.306 e. The van der Waals surface area contributed by atoms with Crippen molar-refractivity contribution in [2.45, 2.75) is 146 Å². The molecular formula is C35H58O15. The van der Waals surface area contributed by atoms with E-state index >= 15 is 0 Å². The van der Waals surface area contributed by atoms with E-state index in [4.69, 9.17) is 28.4 Å². The minimum atomic E-state index is -1.76. The van der Waals surface area contributed by atoms with Crippen molar-refractivity contribution >= 4 is 11.9 Å². The van der Waals surface area contributed by atoms with Crippen LogP contribution in [0.5, 0.6) is 0 Å². The van der Waals surface area contributed by atoms with Gasteiger partial charge in [-0.15, -0.1) is 0 Å². The molecule has 7 N–H and O–H groups in total. The van der Waals surface area contributed by atoms with Crippen LogP contribution in [0, 0.1) is 0 Å². The van der Waals surface area contributed by atoms with E-state index in [1.165, 1.54) is 6.92 Å². The lowest BCUT2D eigenvalue weighted by Gasteiger charge is -2.42. The molecule has 0 spiro atoms. The summed E-state index contributed by atoms with van der Waals surface area (Å²) < 4.78 is 32.3. The molecule has 50 heavy (non-hydrogen) atoms. The zero-order chi connectivity index (χ0) is 36.9. The highest BCUT2D eigenvalue weighted by molar-refractivity contribution is 5.69. The number of ether oxygens (including phenoxy) is 6. The van der Waals surface area contributed by atoms with Crippen LogP contribution in [-0.4, -0.2) is 142 Å². The molecule has 2 heterocycles. The third kappa shape index (κ3) is 15.9. The third-order valence-corrected chi connectivity index (χ3v) is 8.19. The Kier molecular flexibility index (Phi) is 21.8. The molecule has 0 aromatic rings. The molecule has 0 aromatic heterocycles. The first-order chi connectivity index (χ1) is 24.0. The lowest BCUT2D eigenvalue weighted by atomic mass is 9.98. The van der Waals surface area contributed by atoms with Gasteiger partial charge in [0, 0.05) is 13.3 Å². The normalized spacial score (nSPS) is 31.1. The second kappa shape index (κ2) is 24.8. The zero-order valence-electron chi connectivity index (χ0n) is 29.1. The number of aliphatic hydroxyl groups is 7. The van der Waals surface area contributed by atoms with Crippen LogP contribution in [-0.2, 0) is 38.0 Å². The van der Waals surface area contributed by atoms with Gasteiger partial charge in [-0.1, -0.05) is 62.6 Å². The second-order valence-electron chi connectivity index (χ2n) is 12.4. The lowest BCUT2D eigenvalue weighted by molar-refractivity contribution is -0.332. The van der Waals surface area contributed by atoms with Gasteiger partial charge in [-0.3, -0.25) is 9.59 Å². The number of unbranched alkanes of at least 4 members (excludes halogenated alkanes) is 5. The van der Waals surface area contributed by atoms with Crippen molar-refractivity contribution in [3.8, 4) is 0 Å². The van der Waals surface area contributed by atoms with Gasteiger partial charge in [0.25, 0.3) is 0 Å². The number of rotatable bonds is 23. The van der Waals surface area contributed by atoms with Gasteiger partial charge in [-0.05, 0) is 38.5 Å². The number of hydrogen-bond donors (Lipinski definition) is 7. The van der Waals surface area contributed by atoms with Crippen LogP contribution in [0.3, 0.4) is 0 Å². The number of carbonyl (C=O) groups excluding carboxylic acids is 2. The Labute approximate surface area is 294 Å². The average molecular weight is 719 g/mol. The summed E-state index contributed by atoms with van der Waals surface area (Å²) in [6.07, 6.45) is 4.70. The molecule has 2 rings (SSSR count). The van der Waals surface area contributed by atoms with Gasteiger partial charge in [0.05, 0.1) is 19.8 Å². The Balaban J connectivity index is 1.76.